The van der Waals surface area contributed by atoms with Crippen LogP contribution in [0.15, 0.2) is 24.3 Å². The van der Waals surface area contributed by atoms with E-state index < -0.39 is 0 Å². The van der Waals surface area contributed by atoms with Crippen molar-refractivity contribution < 1.29 is 15.1 Å². The highest BCUT2D eigenvalue weighted by molar-refractivity contribution is 8.01. The quantitative estimate of drug-likeness (QED) is 0.707. The highest BCUT2D eigenvalue weighted by atomic mass is 32.2. The second-order valence-corrected chi connectivity index (χ2v) is 8.86. The predicted molar refractivity (Wildman–Crippen MR) is 93.8 cm³/mol. The second kappa shape index (κ2) is 6.48. The maximum absolute atomic E-state index is 12.9. The van der Waals surface area contributed by atoms with Crippen LogP contribution in [0.3, 0.4) is 0 Å². The number of hydrogen-bond donors (Lipinski definition) is 3. The van der Waals surface area contributed by atoms with E-state index in [1.165, 1.54) is 5.06 Å². The Hall–Kier alpha value is -0.820. The molecule has 0 bridgehead atoms. The molecule has 132 valence electrons. The van der Waals surface area contributed by atoms with E-state index in [0.717, 1.165) is 37.9 Å². The van der Waals surface area contributed by atoms with E-state index in [9.17, 15) is 15.1 Å². The molecule has 0 aromatic rings. The SMILES string of the molecule is O=C(NC1CCC(O)CC1)C1CSC23C=CC=CC2N(O)CCC13. The van der Waals surface area contributed by atoms with Gasteiger partial charge in [0, 0.05) is 18.3 Å². The molecule has 1 spiro atoms. The average Bonchev–Trinajstić information content (AvgIpc) is 2.95. The monoisotopic (exact) mass is 350 g/mol. The normalized spacial score (nSPS) is 44.8. The van der Waals surface area contributed by atoms with Gasteiger partial charge in [-0.1, -0.05) is 24.3 Å². The van der Waals surface area contributed by atoms with Gasteiger partial charge in [0.1, 0.15) is 0 Å². The molecule has 2 heterocycles. The highest BCUT2D eigenvalue weighted by Gasteiger charge is 2.57. The van der Waals surface area contributed by atoms with E-state index in [-0.39, 0.29) is 40.7 Å². The lowest BCUT2D eigenvalue weighted by Gasteiger charge is -2.47. The summed E-state index contributed by atoms with van der Waals surface area (Å²) < 4.78 is -0.174. The average molecular weight is 350 g/mol. The number of amides is 1. The molecule has 4 aliphatic rings. The maximum Gasteiger partial charge on any atom is 0.224 e. The lowest BCUT2D eigenvalue weighted by atomic mass is 9.71. The van der Waals surface area contributed by atoms with Crippen LogP contribution in [0.5, 0.6) is 0 Å². The van der Waals surface area contributed by atoms with Gasteiger partial charge in [-0.05, 0) is 38.0 Å². The van der Waals surface area contributed by atoms with Gasteiger partial charge in [-0.25, -0.2) is 0 Å². The molecule has 3 fully saturated rings. The van der Waals surface area contributed by atoms with E-state index in [2.05, 4.69) is 23.5 Å². The molecule has 1 saturated carbocycles. The molecule has 0 aromatic carbocycles. The van der Waals surface area contributed by atoms with Gasteiger partial charge in [-0.2, -0.15) is 5.06 Å². The second-order valence-electron chi connectivity index (χ2n) is 7.53. The van der Waals surface area contributed by atoms with Crippen molar-refractivity contribution in [3.05, 3.63) is 24.3 Å². The predicted octanol–water partition coefficient (Wildman–Crippen LogP) is 1.71. The number of carbonyl (C=O) groups is 1. The maximum atomic E-state index is 12.9. The number of nitrogens with zero attached hydrogens (tertiary/aromatic N) is 1. The first kappa shape index (κ1) is 16.6. The number of hydrogen-bond acceptors (Lipinski definition) is 5. The zero-order valence-corrected chi connectivity index (χ0v) is 14.6. The molecule has 5 nitrogen and oxygen atoms in total. The van der Waals surface area contributed by atoms with Gasteiger partial charge in [-0.15, -0.1) is 11.8 Å². The fraction of sp³-hybridized carbons (Fsp3) is 0.722. The third kappa shape index (κ3) is 2.73. The van der Waals surface area contributed by atoms with Gasteiger partial charge in [0.25, 0.3) is 0 Å². The minimum absolute atomic E-state index is 0.00852. The number of piperidine rings is 1. The topological polar surface area (TPSA) is 72.8 Å². The number of carbonyl (C=O) groups excluding carboxylic acids is 1. The molecule has 2 saturated heterocycles. The van der Waals surface area contributed by atoms with E-state index in [1.54, 1.807) is 0 Å². The number of allylic oxidation sites excluding steroid dienone is 2. The van der Waals surface area contributed by atoms with E-state index in [0.29, 0.717) is 6.54 Å². The highest BCUT2D eigenvalue weighted by Crippen LogP contribution is 2.55. The van der Waals surface area contributed by atoms with Gasteiger partial charge in [-0.3, -0.25) is 4.79 Å². The molecule has 0 aromatic heterocycles. The summed E-state index contributed by atoms with van der Waals surface area (Å²) >= 11 is 1.82. The van der Waals surface area contributed by atoms with Crippen molar-refractivity contribution in [2.24, 2.45) is 11.8 Å². The third-order valence-corrected chi connectivity index (χ3v) is 7.88. The molecule has 0 radical (unpaired) electrons. The molecule has 6 heteroatoms. The van der Waals surface area contributed by atoms with Gasteiger partial charge in [0.15, 0.2) is 0 Å². The standard InChI is InChI=1S/C18H26N2O3S/c21-13-6-4-12(5-7-13)19-17(22)14-11-24-18-9-2-1-3-16(18)20(23)10-8-15(14)18/h1-3,9,12-16,21,23H,4-8,10-11H2,(H,19,22). The number of aliphatic hydroxyl groups is 1. The Morgan fingerprint density at radius 1 is 1.21 bits per heavy atom. The Balaban J connectivity index is 1.47. The molecule has 3 N–H and O–H groups in total. The molecular formula is C18H26N2O3S. The van der Waals surface area contributed by atoms with Crippen molar-refractivity contribution in [3.63, 3.8) is 0 Å². The number of aliphatic hydroxyl groups excluding tert-OH is 1. The van der Waals surface area contributed by atoms with E-state index >= 15 is 0 Å². The summed E-state index contributed by atoms with van der Waals surface area (Å²) in [5.41, 5.74) is 0. The lowest BCUT2D eigenvalue weighted by molar-refractivity contribution is -0.149. The molecule has 1 amide bonds. The third-order valence-electron chi connectivity index (χ3n) is 6.17. The Labute approximate surface area is 147 Å². The fourth-order valence-electron chi connectivity index (χ4n) is 4.83. The van der Waals surface area contributed by atoms with Crippen molar-refractivity contribution in [1.29, 1.82) is 0 Å². The number of nitrogens with one attached hydrogen (secondary N) is 1. The number of hydroxylamine groups is 2. The Kier molecular flexibility index (Phi) is 4.49. The van der Waals surface area contributed by atoms with Crippen molar-refractivity contribution in [1.82, 2.24) is 10.4 Å². The van der Waals surface area contributed by atoms with Crippen molar-refractivity contribution in [3.8, 4) is 0 Å². The lowest BCUT2D eigenvalue weighted by Crippen LogP contribution is -2.57. The van der Waals surface area contributed by atoms with Crippen molar-refractivity contribution in [2.45, 2.75) is 55.0 Å². The Morgan fingerprint density at radius 2 is 2.00 bits per heavy atom. The van der Waals surface area contributed by atoms with Crippen LogP contribution in [-0.2, 0) is 4.79 Å². The molecule has 4 atom stereocenters. The summed E-state index contributed by atoms with van der Waals surface area (Å²) in [6.45, 7) is 0.620. The summed E-state index contributed by atoms with van der Waals surface area (Å²) in [5, 5.41) is 24.6. The zero-order valence-electron chi connectivity index (χ0n) is 13.8. The van der Waals surface area contributed by atoms with Crippen LogP contribution >= 0.6 is 11.8 Å². The Bertz CT molecular complexity index is 558. The number of rotatable bonds is 2. The van der Waals surface area contributed by atoms with Crippen LogP contribution in [0.25, 0.3) is 0 Å². The molecule has 2 aliphatic heterocycles. The van der Waals surface area contributed by atoms with Crippen LogP contribution in [0.2, 0.25) is 0 Å². The molecule has 2 aliphatic carbocycles. The first-order valence-electron chi connectivity index (χ1n) is 9.04. The zero-order chi connectivity index (χ0) is 16.7. The van der Waals surface area contributed by atoms with Crippen molar-refractivity contribution in [2.75, 3.05) is 12.3 Å². The van der Waals surface area contributed by atoms with E-state index in [1.807, 2.05) is 17.8 Å². The summed E-state index contributed by atoms with van der Waals surface area (Å²) in [4.78, 5) is 12.9. The summed E-state index contributed by atoms with van der Waals surface area (Å²) in [6, 6.07) is 0.173. The minimum atomic E-state index is -0.197. The van der Waals surface area contributed by atoms with Crippen molar-refractivity contribution >= 4 is 17.7 Å². The summed E-state index contributed by atoms with van der Waals surface area (Å²) in [6.07, 6.45) is 12.3. The van der Waals surface area contributed by atoms with Gasteiger partial charge < -0.3 is 15.6 Å². The smallest absolute Gasteiger partial charge is 0.224 e. The summed E-state index contributed by atoms with van der Waals surface area (Å²) in [7, 11) is 0. The molecule has 4 unspecified atom stereocenters. The first-order chi connectivity index (χ1) is 11.6. The van der Waals surface area contributed by atoms with Gasteiger partial charge in [0.05, 0.1) is 22.8 Å². The largest absolute Gasteiger partial charge is 0.393 e. The van der Waals surface area contributed by atoms with Crippen LogP contribution in [-0.4, -0.2) is 56.5 Å². The van der Waals surface area contributed by atoms with E-state index in [4.69, 9.17) is 0 Å². The Morgan fingerprint density at radius 3 is 2.79 bits per heavy atom. The molecule has 4 rings (SSSR count). The van der Waals surface area contributed by atoms with Gasteiger partial charge in [0.2, 0.25) is 5.91 Å². The van der Waals surface area contributed by atoms with Gasteiger partial charge >= 0.3 is 0 Å². The van der Waals surface area contributed by atoms with Crippen LogP contribution in [0.1, 0.15) is 32.1 Å². The minimum Gasteiger partial charge on any atom is -0.393 e. The summed E-state index contributed by atoms with van der Waals surface area (Å²) in [5.74, 6) is 1.26. The van der Waals surface area contributed by atoms with Crippen LogP contribution in [0, 0.1) is 11.8 Å². The molecular weight excluding hydrogens is 324 g/mol. The fourth-order valence-corrected chi connectivity index (χ4v) is 6.72. The molecule has 24 heavy (non-hydrogen) atoms. The number of thioether (sulfide) groups is 1. The first-order valence-corrected chi connectivity index (χ1v) is 10.0. The van der Waals surface area contributed by atoms with Crippen LogP contribution in [0.4, 0.5) is 0 Å². The van der Waals surface area contributed by atoms with Crippen LogP contribution < -0.4 is 5.32 Å².